The van der Waals surface area contributed by atoms with Crippen LogP contribution in [0.15, 0.2) is 66.5 Å². The molecule has 34 heavy (non-hydrogen) atoms. The van der Waals surface area contributed by atoms with Crippen LogP contribution in [0.3, 0.4) is 0 Å². The third-order valence-corrected chi connectivity index (χ3v) is 4.80. The molecule has 0 bridgehead atoms. The number of benzene rings is 2. The number of aryl methyl sites for hydroxylation is 1. The predicted molar refractivity (Wildman–Crippen MR) is 121 cm³/mol. The van der Waals surface area contributed by atoms with E-state index in [1.807, 2.05) is 19.1 Å². The number of hydrogen-bond donors (Lipinski definition) is 1. The molecule has 0 aliphatic heterocycles. The van der Waals surface area contributed by atoms with Crippen molar-refractivity contribution in [2.24, 2.45) is 0 Å². The van der Waals surface area contributed by atoms with Crippen LogP contribution in [0, 0.1) is 17.0 Å². The number of non-ortho nitro benzene ring substituents is 1. The van der Waals surface area contributed by atoms with Crippen molar-refractivity contribution < 1.29 is 29.1 Å². The minimum absolute atomic E-state index is 0.0242. The second kappa shape index (κ2) is 10.2. The van der Waals surface area contributed by atoms with Crippen LogP contribution in [0.1, 0.15) is 17.0 Å². The molecule has 0 fully saturated rings. The van der Waals surface area contributed by atoms with Crippen LogP contribution in [0.2, 0.25) is 0 Å². The third-order valence-electron chi connectivity index (χ3n) is 4.80. The first-order chi connectivity index (χ1) is 16.3. The fourth-order valence-corrected chi connectivity index (χ4v) is 3.04. The molecule has 0 spiro atoms. The number of nitro benzene ring substituents is 1. The van der Waals surface area contributed by atoms with E-state index >= 15 is 0 Å². The number of aliphatic hydroxyl groups is 1. The highest BCUT2D eigenvalue weighted by atomic mass is 16.6. The molecule has 2 aromatic carbocycles. The largest absolute Gasteiger partial charge is 0.507 e. The zero-order chi connectivity index (χ0) is 24.8. The number of methoxy groups -OCH3 is 2. The average Bonchev–Trinajstić information content (AvgIpc) is 3.32. The van der Waals surface area contributed by atoms with Crippen molar-refractivity contribution in [1.82, 2.24) is 14.8 Å². The van der Waals surface area contributed by atoms with E-state index in [2.05, 4.69) is 10.2 Å². The number of rotatable bonds is 7. The molecule has 0 unspecified atom stereocenters. The Morgan fingerprint density at radius 1 is 1.03 bits per heavy atom. The smallest absolute Gasteiger partial charge is 0.342 e. The van der Waals surface area contributed by atoms with Gasteiger partial charge in [0.1, 0.15) is 17.7 Å². The SMILES string of the molecule is COC(=O)C(/C=C(\O)c1ccc([N+](=O)[O-])cc1)=C(/C(=O)OC)c1nncn1-c1ccc(C)cc1. The van der Waals surface area contributed by atoms with Gasteiger partial charge in [-0.3, -0.25) is 14.7 Å². The van der Waals surface area contributed by atoms with Gasteiger partial charge >= 0.3 is 11.9 Å². The second-order valence-corrected chi connectivity index (χ2v) is 6.97. The van der Waals surface area contributed by atoms with Gasteiger partial charge in [-0.25, -0.2) is 9.59 Å². The Morgan fingerprint density at radius 3 is 2.21 bits per heavy atom. The summed E-state index contributed by atoms with van der Waals surface area (Å²) in [6.45, 7) is 1.91. The molecule has 0 amide bonds. The Bertz CT molecular complexity index is 1290. The summed E-state index contributed by atoms with van der Waals surface area (Å²) in [4.78, 5) is 35.8. The Morgan fingerprint density at radius 2 is 1.65 bits per heavy atom. The highest BCUT2D eigenvalue weighted by molar-refractivity contribution is 6.23. The molecule has 3 rings (SSSR count). The van der Waals surface area contributed by atoms with Gasteiger partial charge in [-0.05, 0) is 37.3 Å². The van der Waals surface area contributed by atoms with Gasteiger partial charge in [-0.15, -0.1) is 10.2 Å². The van der Waals surface area contributed by atoms with Crippen molar-refractivity contribution in [1.29, 1.82) is 0 Å². The molecule has 3 aromatic rings. The van der Waals surface area contributed by atoms with E-state index in [9.17, 15) is 24.8 Å². The molecule has 0 atom stereocenters. The lowest BCUT2D eigenvalue weighted by molar-refractivity contribution is -0.384. The van der Waals surface area contributed by atoms with E-state index in [-0.39, 0.29) is 28.2 Å². The summed E-state index contributed by atoms with van der Waals surface area (Å²) < 4.78 is 11.2. The molecule has 11 nitrogen and oxygen atoms in total. The van der Waals surface area contributed by atoms with Crippen LogP contribution in [0.25, 0.3) is 17.0 Å². The third kappa shape index (κ3) is 4.99. The van der Waals surface area contributed by atoms with Crippen LogP contribution in [0.4, 0.5) is 5.69 Å². The zero-order valence-electron chi connectivity index (χ0n) is 18.5. The fourth-order valence-electron chi connectivity index (χ4n) is 3.04. The Kier molecular flexibility index (Phi) is 7.16. The summed E-state index contributed by atoms with van der Waals surface area (Å²) in [6, 6.07) is 12.2. The number of nitrogens with zero attached hydrogens (tertiary/aromatic N) is 4. The van der Waals surface area contributed by atoms with Gasteiger partial charge in [0.15, 0.2) is 5.82 Å². The Hall–Kier alpha value is -4.80. The lowest BCUT2D eigenvalue weighted by Crippen LogP contribution is -2.16. The lowest BCUT2D eigenvalue weighted by Gasteiger charge is -2.12. The van der Waals surface area contributed by atoms with E-state index in [0.29, 0.717) is 5.69 Å². The van der Waals surface area contributed by atoms with E-state index in [1.165, 1.54) is 35.2 Å². The van der Waals surface area contributed by atoms with Crippen LogP contribution < -0.4 is 0 Å². The van der Waals surface area contributed by atoms with Crippen molar-refractivity contribution in [3.63, 3.8) is 0 Å². The molecule has 0 radical (unpaired) electrons. The van der Waals surface area contributed by atoms with E-state index in [4.69, 9.17) is 9.47 Å². The van der Waals surface area contributed by atoms with Gasteiger partial charge < -0.3 is 14.6 Å². The summed E-state index contributed by atoms with van der Waals surface area (Å²) in [5.74, 6) is -2.34. The number of esters is 2. The second-order valence-electron chi connectivity index (χ2n) is 6.97. The zero-order valence-corrected chi connectivity index (χ0v) is 18.5. The maximum atomic E-state index is 12.8. The quantitative estimate of drug-likeness (QED) is 0.139. The highest BCUT2D eigenvalue weighted by Crippen LogP contribution is 2.26. The Balaban J connectivity index is 2.22. The standard InChI is InChI=1S/C23H20N4O7/c1-14-4-8-16(9-5-14)26-13-24-25-21(26)20(23(30)34-3)18(22(29)33-2)12-19(28)15-6-10-17(11-7-15)27(31)32/h4-13,28H,1-3H3/b19-12-,20-18+. The van der Waals surface area contributed by atoms with E-state index < -0.39 is 22.6 Å². The minimum atomic E-state index is -0.952. The van der Waals surface area contributed by atoms with Crippen molar-refractivity contribution in [3.05, 3.63) is 93.6 Å². The maximum Gasteiger partial charge on any atom is 0.342 e. The van der Waals surface area contributed by atoms with Crippen LogP contribution in [0.5, 0.6) is 0 Å². The van der Waals surface area contributed by atoms with Crippen LogP contribution in [-0.4, -0.2) is 51.0 Å². The van der Waals surface area contributed by atoms with E-state index in [0.717, 1.165) is 25.9 Å². The topological polar surface area (TPSA) is 147 Å². The number of nitro groups is 1. The van der Waals surface area contributed by atoms with Crippen molar-refractivity contribution in [2.75, 3.05) is 14.2 Å². The van der Waals surface area contributed by atoms with Gasteiger partial charge in [0.2, 0.25) is 0 Å². The first-order valence-corrected chi connectivity index (χ1v) is 9.80. The summed E-state index contributed by atoms with van der Waals surface area (Å²) in [7, 11) is 2.24. The molecule has 174 valence electrons. The molecule has 1 aromatic heterocycles. The number of ether oxygens (including phenoxy) is 2. The highest BCUT2D eigenvalue weighted by Gasteiger charge is 2.28. The molecule has 0 saturated heterocycles. The van der Waals surface area contributed by atoms with Gasteiger partial charge in [0, 0.05) is 23.4 Å². The van der Waals surface area contributed by atoms with Gasteiger partial charge in [-0.2, -0.15) is 0 Å². The van der Waals surface area contributed by atoms with Gasteiger partial charge in [0.25, 0.3) is 5.69 Å². The van der Waals surface area contributed by atoms with Crippen molar-refractivity contribution >= 4 is 29.0 Å². The normalized spacial score (nSPS) is 12.0. The monoisotopic (exact) mass is 464 g/mol. The minimum Gasteiger partial charge on any atom is -0.507 e. The molecule has 0 aliphatic rings. The van der Waals surface area contributed by atoms with Gasteiger partial charge in [0.05, 0.1) is 24.7 Å². The summed E-state index contributed by atoms with van der Waals surface area (Å²) in [6.07, 6.45) is 2.37. The molecular weight excluding hydrogens is 444 g/mol. The molecule has 1 N–H and O–H groups in total. The lowest BCUT2D eigenvalue weighted by atomic mass is 10.0. The number of carbonyl (C=O) groups excluding carboxylic acids is 2. The first-order valence-electron chi connectivity index (χ1n) is 9.80. The molecule has 11 heteroatoms. The summed E-state index contributed by atoms with van der Waals surface area (Å²) >= 11 is 0. The maximum absolute atomic E-state index is 12.8. The van der Waals surface area contributed by atoms with Crippen LogP contribution >= 0.6 is 0 Å². The van der Waals surface area contributed by atoms with Gasteiger partial charge in [-0.1, -0.05) is 17.7 Å². The number of hydrogen-bond acceptors (Lipinski definition) is 9. The number of aliphatic hydroxyl groups excluding tert-OH is 1. The van der Waals surface area contributed by atoms with E-state index in [1.54, 1.807) is 12.1 Å². The number of carbonyl (C=O) groups is 2. The van der Waals surface area contributed by atoms with Crippen molar-refractivity contribution in [2.45, 2.75) is 6.92 Å². The van der Waals surface area contributed by atoms with Crippen LogP contribution in [-0.2, 0) is 19.1 Å². The first kappa shape index (κ1) is 23.9. The molecule has 0 saturated carbocycles. The summed E-state index contributed by atoms with van der Waals surface area (Å²) in [5, 5.41) is 29.4. The molecule has 1 heterocycles. The fraction of sp³-hybridized carbons (Fsp3) is 0.130. The summed E-state index contributed by atoms with van der Waals surface area (Å²) in [5.41, 5.74) is 0.943. The predicted octanol–water partition coefficient (Wildman–Crippen LogP) is 3.18. The average molecular weight is 464 g/mol. The number of aromatic nitrogens is 3. The molecule has 0 aliphatic carbocycles. The Labute approximate surface area is 193 Å². The van der Waals surface area contributed by atoms with Crippen molar-refractivity contribution in [3.8, 4) is 5.69 Å². The molecular formula is C23H20N4O7.